The largest absolute Gasteiger partial charge is 0.496 e. The number of hydrogen-bond acceptors (Lipinski definition) is 4. The minimum atomic E-state index is -1.23. The van der Waals surface area contributed by atoms with Gasteiger partial charge in [0.05, 0.1) is 19.3 Å². The zero-order valence-electron chi connectivity index (χ0n) is 16.5. The fourth-order valence-corrected chi connectivity index (χ4v) is 3.79. The van der Waals surface area contributed by atoms with E-state index < -0.39 is 11.4 Å². The number of nitrogens with zero attached hydrogens (tertiary/aromatic N) is 2. The van der Waals surface area contributed by atoms with Crippen molar-refractivity contribution in [3.05, 3.63) is 76.1 Å². The third kappa shape index (κ3) is 3.16. The summed E-state index contributed by atoms with van der Waals surface area (Å²) in [6, 6.07) is 15.5. The van der Waals surface area contributed by atoms with Crippen LogP contribution in [0.5, 0.6) is 5.75 Å². The van der Waals surface area contributed by atoms with Gasteiger partial charge in [-0.1, -0.05) is 30.3 Å². The van der Waals surface area contributed by atoms with Gasteiger partial charge in [-0.15, -0.1) is 0 Å². The Labute approximate surface area is 168 Å². The molecule has 3 aromatic rings. The summed E-state index contributed by atoms with van der Waals surface area (Å²) in [5.41, 5.74) is 3.87. The molecule has 6 heteroatoms. The summed E-state index contributed by atoms with van der Waals surface area (Å²) in [5, 5.41) is 11.4. The second-order valence-electron chi connectivity index (χ2n) is 7.35. The fraction of sp³-hybridized carbons (Fsp3) is 0.217. The molecule has 0 aliphatic carbocycles. The van der Waals surface area contributed by atoms with Gasteiger partial charge in [-0.05, 0) is 37.1 Å². The molecule has 1 aliphatic heterocycles. The summed E-state index contributed by atoms with van der Waals surface area (Å²) >= 11 is 0. The molecule has 0 atom stereocenters. The maximum atomic E-state index is 12.4. The molecular formula is C23H22N2O4. The Morgan fingerprint density at radius 2 is 1.83 bits per heavy atom. The summed E-state index contributed by atoms with van der Waals surface area (Å²) in [7, 11) is 1.62. The SMILES string of the molecule is COc1cc2c(cc1-c1ccccc1)CN(C(C)C)n1cc(C(=O)O)c(=O)cc1-2. The van der Waals surface area contributed by atoms with Crippen LogP contribution in [0.15, 0.2) is 59.5 Å². The zero-order chi connectivity index (χ0) is 20.7. The Hall–Kier alpha value is -3.54. The van der Waals surface area contributed by atoms with Crippen molar-refractivity contribution in [2.45, 2.75) is 26.4 Å². The van der Waals surface area contributed by atoms with Gasteiger partial charge < -0.3 is 14.9 Å². The van der Waals surface area contributed by atoms with Crippen LogP contribution >= 0.6 is 0 Å². The zero-order valence-corrected chi connectivity index (χ0v) is 16.5. The molecule has 0 saturated heterocycles. The molecular weight excluding hydrogens is 368 g/mol. The molecule has 0 radical (unpaired) electrons. The molecule has 0 fully saturated rings. The van der Waals surface area contributed by atoms with Crippen molar-refractivity contribution in [2.24, 2.45) is 0 Å². The first-order valence-corrected chi connectivity index (χ1v) is 9.44. The smallest absolute Gasteiger partial charge is 0.341 e. The van der Waals surface area contributed by atoms with E-state index in [0.29, 0.717) is 18.0 Å². The number of aromatic carboxylic acids is 1. The van der Waals surface area contributed by atoms with Crippen molar-refractivity contribution < 1.29 is 14.6 Å². The van der Waals surface area contributed by atoms with Crippen molar-refractivity contribution in [3.63, 3.8) is 0 Å². The molecule has 148 valence electrons. The first-order chi connectivity index (χ1) is 13.9. The molecule has 1 aromatic heterocycles. The van der Waals surface area contributed by atoms with Gasteiger partial charge in [-0.2, -0.15) is 0 Å². The second-order valence-corrected chi connectivity index (χ2v) is 7.35. The molecule has 0 unspecified atom stereocenters. The van der Waals surface area contributed by atoms with Crippen LogP contribution in [0.2, 0.25) is 0 Å². The predicted octanol–water partition coefficient (Wildman–Crippen LogP) is 3.75. The van der Waals surface area contributed by atoms with E-state index in [1.165, 1.54) is 12.3 Å². The van der Waals surface area contributed by atoms with Crippen LogP contribution in [0.4, 0.5) is 0 Å². The van der Waals surface area contributed by atoms with Crippen LogP contribution in [-0.2, 0) is 6.54 Å². The number of carboxylic acid groups (broad SMARTS) is 1. The third-order valence-electron chi connectivity index (χ3n) is 5.25. The number of carbonyl (C=O) groups is 1. The molecule has 0 amide bonds. The number of hydrogen-bond donors (Lipinski definition) is 1. The fourth-order valence-electron chi connectivity index (χ4n) is 3.79. The minimum absolute atomic E-state index is 0.105. The first-order valence-electron chi connectivity index (χ1n) is 9.44. The first kappa shape index (κ1) is 18.8. The summed E-state index contributed by atoms with van der Waals surface area (Å²) in [6.07, 6.45) is 1.42. The lowest BCUT2D eigenvalue weighted by Crippen LogP contribution is -2.44. The molecule has 0 bridgehead atoms. The lowest BCUT2D eigenvalue weighted by Gasteiger charge is -2.38. The van der Waals surface area contributed by atoms with Crippen LogP contribution in [0, 0.1) is 0 Å². The molecule has 2 aromatic carbocycles. The maximum Gasteiger partial charge on any atom is 0.341 e. The molecule has 1 N–H and O–H groups in total. The number of rotatable bonds is 4. The molecule has 29 heavy (non-hydrogen) atoms. The summed E-state index contributed by atoms with van der Waals surface area (Å²) in [6.45, 7) is 4.66. The van der Waals surface area contributed by atoms with Crippen molar-refractivity contribution in [2.75, 3.05) is 12.1 Å². The molecule has 1 aliphatic rings. The quantitative estimate of drug-likeness (QED) is 0.735. The topological polar surface area (TPSA) is 71.8 Å². The Bertz CT molecular complexity index is 1150. The summed E-state index contributed by atoms with van der Waals surface area (Å²) in [5.74, 6) is -0.522. The maximum absolute atomic E-state index is 12.4. The van der Waals surface area contributed by atoms with E-state index in [2.05, 4.69) is 6.07 Å². The highest BCUT2D eigenvalue weighted by Gasteiger charge is 2.27. The van der Waals surface area contributed by atoms with Crippen LogP contribution < -0.4 is 15.2 Å². The van der Waals surface area contributed by atoms with Gasteiger partial charge >= 0.3 is 5.97 Å². The Morgan fingerprint density at radius 3 is 2.45 bits per heavy atom. The van der Waals surface area contributed by atoms with Crippen molar-refractivity contribution in [3.8, 4) is 28.1 Å². The van der Waals surface area contributed by atoms with E-state index in [1.54, 1.807) is 11.8 Å². The van der Waals surface area contributed by atoms with Gasteiger partial charge in [-0.25, -0.2) is 4.79 Å². The van der Waals surface area contributed by atoms with Gasteiger partial charge in [0.15, 0.2) is 5.43 Å². The second kappa shape index (κ2) is 7.13. The van der Waals surface area contributed by atoms with Crippen LogP contribution in [0.3, 0.4) is 0 Å². The van der Waals surface area contributed by atoms with Crippen molar-refractivity contribution in [1.29, 1.82) is 0 Å². The van der Waals surface area contributed by atoms with Crippen molar-refractivity contribution in [1.82, 2.24) is 4.68 Å². The summed E-state index contributed by atoms with van der Waals surface area (Å²) < 4.78 is 7.43. The number of carboxylic acids is 1. The number of pyridine rings is 1. The number of benzene rings is 2. The predicted molar refractivity (Wildman–Crippen MR) is 112 cm³/mol. The number of aromatic nitrogens is 1. The molecule has 0 spiro atoms. The van der Waals surface area contributed by atoms with Gasteiger partial charge in [0.1, 0.15) is 11.3 Å². The minimum Gasteiger partial charge on any atom is -0.496 e. The van der Waals surface area contributed by atoms with Gasteiger partial charge in [-0.3, -0.25) is 9.47 Å². The van der Waals surface area contributed by atoms with E-state index in [4.69, 9.17) is 4.74 Å². The van der Waals surface area contributed by atoms with E-state index in [1.807, 2.05) is 55.3 Å². The number of fused-ring (bicyclic) bond motifs is 3. The molecule has 4 rings (SSSR count). The molecule has 0 saturated carbocycles. The highest BCUT2D eigenvalue weighted by atomic mass is 16.5. The number of methoxy groups -OCH3 is 1. The van der Waals surface area contributed by atoms with Gasteiger partial charge in [0.25, 0.3) is 0 Å². The Kier molecular flexibility index (Phi) is 4.62. The monoisotopic (exact) mass is 390 g/mol. The highest BCUT2D eigenvalue weighted by Crippen LogP contribution is 2.39. The van der Waals surface area contributed by atoms with Gasteiger partial charge in [0, 0.05) is 29.4 Å². The van der Waals surface area contributed by atoms with Crippen LogP contribution in [0.25, 0.3) is 22.4 Å². The standard InChI is InChI=1S/C23H22N2O4/c1-14(2)24-12-16-9-18(15-7-5-4-6-8-15)22(29-3)10-17(16)20-11-21(26)19(23(27)28)13-25(20)24/h4-11,13-14H,12H2,1-3H3,(H,27,28). The Balaban J connectivity index is 1.98. The summed E-state index contributed by atoms with van der Waals surface area (Å²) in [4.78, 5) is 23.9. The van der Waals surface area contributed by atoms with E-state index in [9.17, 15) is 14.7 Å². The Morgan fingerprint density at radius 1 is 1.10 bits per heavy atom. The van der Waals surface area contributed by atoms with E-state index in [0.717, 1.165) is 22.3 Å². The van der Waals surface area contributed by atoms with Gasteiger partial charge in [0.2, 0.25) is 0 Å². The lowest BCUT2D eigenvalue weighted by molar-refractivity contribution is 0.0694. The average molecular weight is 390 g/mol. The lowest BCUT2D eigenvalue weighted by atomic mass is 9.94. The third-order valence-corrected chi connectivity index (χ3v) is 5.25. The van der Waals surface area contributed by atoms with E-state index in [-0.39, 0.29) is 11.6 Å². The number of ether oxygens (including phenoxy) is 1. The molecule has 2 heterocycles. The molecule has 6 nitrogen and oxygen atoms in total. The van der Waals surface area contributed by atoms with E-state index >= 15 is 0 Å². The average Bonchev–Trinajstić information content (AvgIpc) is 2.72. The van der Waals surface area contributed by atoms with Crippen LogP contribution in [0.1, 0.15) is 29.8 Å². The normalized spacial score (nSPS) is 12.5. The van der Waals surface area contributed by atoms with Crippen molar-refractivity contribution >= 4 is 5.97 Å². The van der Waals surface area contributed by atoms with Crippen LogP contribution in [-0.4, -0.2) is 28.9 Å². The highest BCUT2D eigenvalue weighted by molar-refractivity contribution is 5.88.